The maximum atomic E-state index is 13.0. The molecule has 17 nitrogen and oxygen atoms in total. The summed E-state index contributed by atoms with van der Waals surface area (Å²) in [5, 5.41) is 10.5. The molecule has 0 aliphatic carbocycles. The van der Waals surface area contributed by atoms with E-state index >= 15 is 0 Å². The van der Waals surface area contributed by atoms with Gasteiger partial charge in [-0.05, 0) is 25.7 Å². The molecule has 19 heteroatoms. The summed E-state index contributed by atoms with van der Waals surface area (Å²) in [6, 6.07) is 0. The molecule has 0 heterocycles. The Morgan fingerprint density at radius 2 is 0.449 bits per heavy atom. The third kappa shape index (κ3) is 64.6. The zero-order valence-electron chi connectivity index (χ0n) is 57.4. The Labute approximate surface area is 543 Å². The number of phosphoric acid groups is 2. The molecule has 0 amide bonds. The van der Waals surface area contributed by atoms with Gasteiger partial charge >= 0.3 is 39.5 Å². The standard InChI is InChI=1S/C70H136O17P2/c1-5-9-13-17-20-22-24-26-28-30-31-32-33-34-36-38-40-42-45-49-53-57-70(75)87-66(61-81-68(73)55-51-47-44-41-39-37-35-29-27-25-23-21-18-14-10-6-2)63-85-89(78,79)83-59-64(71)58-82-88(76,77)84-62-65(60-80-67(72)54-50-46-16-12-8-4)86-69(74)56-52-48-43-19-15-11-7-3/h64-66,71H,5-63H2,1-4H3,(H,76,77)(H,78,79)/t64-,65+,66+/m0/s1. The molecule has 5 atom stereocenters. The highest BCUT2D eigenvalue weighted by Crippen LogP contribution is 2.45. The van der Waals surface area contributed by atoms with E-state index in [4.69, 9.17) is 37.0 Å². The van der Waals surface area contributed by atoms with Crippen LogP contribution in [0.4, 0.5) is 0 Å². The van der Waals surface area contributed by atoms with Crippen LogP contribution < -0.4 is 0 Å². The highest BCUT2D eigenvalue weighted by atomic mass is 31.2. The number of hydrogen-bond donors (Lipinski definition) is 3. The lowest BCUT2D eigenvalue weighted by Gasteiger charge is -2.21. The summed E-state index contributed by atoms with van der Waals surface area (Å²) < 4.78 is 67.9. The predicted molar refractivity (Wildman–Crippen MR) is 359 cm³/mol. The van der Waals surface area contributed by atoms with E-state index in [1.54, 1.807) is 0 Å². The molecule has 2 unspecified atom stereocenters. The van der Waals surface area contributed by atoms with Crippen molar-refractivity contribution in [2.24, 2.45) is 0 Å². The van der Waals surface area contributed by atoms with Crippen molar-refractivity contribution in [3.63, 3.8) is 0 Å². The summed E-state index contributed by atoms with van der Waals surface area (Å²) in [4.78, 5) is 72.1. The van der Waals surface area contributed by atoms with E-state index in [1.807, 2.05) is 0 Å². The van der Waals surface area contributed by atoms with Crippen molar-refractivity contribution >= 4 is 39.5 Å². The highest BCUT2D eigenvalue weighted by Gasteiger charge is 2.30. The number of esters is 4. The third-order valence-corrected chi connectivity index (χ3v) is 18.3. The van der Waals surface area contributed by atoms with E-state index < -0.39 is 97.5 Å². The van der Waals surface area contributed by atoms with Gasteiger partial charge in [0, 0.05) is 25.7 Å². The van der Waals surface area contributed by atoms with Gasteiger partial charge < -0.3 is 33.8 Å². The maximum Gasteiger partial charge on any atom is 0.472 e. The van der Waals surface area contributed by atoms with E-state index in [0.717, 1.165) is 109 Å². The lowest BCUT2D eigenvalue weighted by molar-refractivity contribution is -0.161. The molecule has 0 aliphatic rings. The van der Waals surface area contributed by atoms with E-state index in [9.17, 15) is 43.2 Å². The Morgan fingerprint density at radius 1 is 0.270 bits per heavy atom. The minimum Gasteiger partial charge on any atom is -0.462 e. The number of hydrogen-bond acceptors (Lipinski definition) is 15. The fourth-order valence-electron chi connectivity index (χ4n) is 10.7. The Balaban J connectivity index is 5.07. The molecule has 0 rings (SSSR count). The van der Waals surface area contributed by atoms with Gasteiger partial charge in [-0.1, -0.05) is 317 Å². The second kappa shape index (κ2) is 64.8. The molecule has 0 aromatic rings. The summed E-state index contributed by atoms with van der Waals surface area (Å²) in [7, 11) is -9.88. The van der Waals surface area contributed by atoms with Crippen molar-refractivity contribution in [3.05, 3.63) is 0 Å². The van der Waals surface area contributed by atoms with Gasteiger partial charge in [0.2, 0.25) is 0 Å². The fourth-order valence-corrected chi connectivity index (χ4v) is 12.3. The normalized spacial score (nSPS) is 14.0. The Hall–Kier alpha value is -1.94. The molecule has 3 N–H and O–H groups in total. The monoisotopic (exact) mass is 1310 g/mol. The fraction of sp³-hybridized carbons (Fsp3) is 0.943. The van der Waals surface area contributed by atoms with E-state index in [-0.39, 0.29) is 25.7 Å². The van der Waals surface area contributed by atoms with Crippen LogP contribution >= 0.6 is 15.6 Å². The summed E-state index contributed by atoms with van der Waals surface area (Å²) >= 11 is 0. The zero-order valence-corrected chi connectivity index (χ0v) is 59.2. The molecule has 89 heavy (non-hydrogen) atoms. The van der Waals surface area contributed by atoms with Gasteiger partial charge in [0.25, 0.3) is 0 Å². The largest absolute Gasteiger partial charge is 0.472 e. The van der Waals surface area contributed by atoms with Crippen molar-refractivity contribution in [2.45, 2.75) is 386 Å². The van der Waals surface area contributed by atoms with Crippen LogP contribution in [0, 0.1) is 0 Å². The highest BCUT2D eigenvalue weighted by molar-refractivity contribution is 7.47. The van der Waals surface area contributed by atoms with Gasteiger partial charge in [-0.25, -0.2) is 9.13 Å². The Morgan fingerprint density at radius 3 is 0.663 bits per heavy atom. The minimum atomic E-state index is -4.95. The Bertz CT molecular complexity index is 1710. The molecule has 0 bridgehead atoms. The molecule has 0 saturated heterocycles. The predicted octanol–water partition coefficient (Wildman–Crippen LogP) is 20.3. The quantitative estimate of drug-likeness (QED) is 0.0222. The van der Waals surface area contributed by atoms with Crippen LogP contribution in [0.2, 0.25) is 0 Å². The lowest BCUT2D eigenvalue weighted by atomic mass is 10.0. The number of phosphoric ester groups is 2. The van der Waals surface area contributed by atoms with Crippen LogP contribution in [-0.4, -0.2) is 96.7 Å². The molecule has 0 radical (unpaired) electrons. The van der Waals surface area contributed by atoms with Crippen LogP contribution in [-0.2, 0) is 65.4 Å². The van der Waals surface area contributed by atoms with Gasteiger partial charge in [-0.3, -0.25) is 37.3 Å². The van der Waals surface area contributed by atoms with Crippen molar-refractivity contribution in [2.75, 3.05) is 39.6 Å². The smallest absolute Gasteiger partial charge is 0.462 e. The molecule has 0 spiro atoms. The van der Waals surface area contributed by atoms with Crippen LogP contribution in [0.1, 0.15) is 368 Å². The molecule has 0 fully saturated rings. The van der Waals surface area contributed by atoms with Gasteiger partial charge in [-0.2, -0.15) is 0 Å². The van der Waals surface area contributed by atoms with Crippen molar-refractivity contribution in [1.82, 2.24) is 0 Å². The summed E-state index contributed by atoms with van der Waals surface area (Å²) in [6.07, 6.45) is 53.5. The minimum absolute atomic E-state index is 0.103. The molecular formula is C70H136O17P2. The molecule has 528 valence electrons. The SMILES string of the molecule is CCCCCCCCCCCCCCCCCCCCCCCC(=O)O[C@H](COC(=O)CCCCCCCCCCCCCCCCCC)COP(=O)(O)OC[C@@H](O)COP(=O)(O)OC[C@@H](COC(=O)CCCCCCC)OC(=O)CCCCCCCCC. The molecular weight excluding hydrogens is 1170 g/mol. The Kier molecular flexibility index (Phi) is 63.3. The van der Waals surface area contributed by atoms with Crippen LogP contribution in [0.3, 0.4) is 0 Å². The van der Waals surface area contributed by atoms with Gasteiger partial charge in [0.05, 0.1) is 26.4 Å². The molecule has 0 saturated carbocycles. The average Bonchev–Trinajstić information content (AvgIpc) is 3.71. The number of rotatable bonds is 71. The number of aliphatic hydroxyl groups excluding tert-OH is 1. The van der Waals surface area contributed by atoms with E-state index in [2.05, 4.69) is 27.7 Å². The molecule has 0 aromatic heterocycles. The number of aliphatic hydroxyl groups is 1. The zero-order chi connectivity index (χ0) is 65.4. The number of ether oxygens (including phenoxy) is 4. The maximum absolute atomic E-state index is 13.0. The van der Waals surface area contributed by atoms with Gasteiger partial charge in [-0.15, -0.1) is 0 Å². The van der Waals surface area contributed by atoms with Gasteiger partial charge in [0.15, 0.2) is 12.2 Å². The number of carbonyl (C=O) groups is 4. The second-order valence-electron chi connectivity index (χ2n) is 25.3. The first-order valence-electron chi connectivity index (χ1n) is 36.8. The van der Waals surface area contributed by atoms with Gasteiger partial charge in [0.1, 0.15) is 19.3 Å². The second-order valence-corrected chi connectivity index (χ2v) is 28.2. The van der Waals surface area contributed by atoms with Crippen molar-refractivity contribution in [1.29, 1.82) is 0 Å². The topological polar surface area (TPSA) is 237 Å². The molecule has 0 aliphatic heterocycles. The lowest BCUT2D eigenvalue weighted by Crippen LogP contribution is -2.30. The summed E-state index contributed by atoms with van der Waals surface area (Å²) in [5.41, 5.74) is 0. The first-order chi connectivity index (χ1) is 43.2. The summed E-state index contributed by atoms with van der Waals surface area (Å²) in [5.74, 6) is -2.14. The number of carbonyl (C=O) groups excluding carboxylic acids is 4. The average molecular weight is 1310 g/mol. The van der Waals surface area contributed by atoms with Crippen LogP contribution in [0.15, 0.2) is 0 Å². The third-order valence-electron chi connectivity index (χ3n) is 16.4. The summed E-state index contributed by atoms with van der Waals surface area (Å²) in [6.45, 7) is 4.80. The molecule has 0 aromatic carbocycles. The number of unbranched alkanes of at least 4 members (excludes halogenated alkanes) is 45. The van der Waals surface area contributed by atoms with E-state index in [0.29, 0.717) is 25.7 Å². The van der Waals surface area contributed by atoms with Crippen LogP contribution in [0.5, 0.6) is 0 Å². The first-order valence-corrected chi connectivity index (χ1v) is 39.8. The first kappa shape index (κ1) is 87.1. The van der Waals surface area contributed by atoms with Crippen LogP contribution in [0.25, 0.3) is 0 Å². The van der Waals surface area contributed by atoms with E-state index in [1.165, 1.54) is 180 Å². The van der Waals surface area contributed by atoms with Crippen molar-refractivity contribution in [3.8, 4) is 0 Å². The van der Waals surface area contributed by atoms with Crippen molar-refractivity contribution < 1.29 is 80.2 Å².